The summed E-state index contributed by atoms with van der Waals surface area (Å²) in [6, 6.07) is 7.14. The van der Waals surface area contributed by atoms with E-state index in [1.807, 2.05) is 12.1 Å². The van der Waals surface area contributed by atoms with Crippen molar-refractivity contribution in [2.24, 2.45) is 0 Å². The minimum absolute atomic E-state index is 0.363. The van der Waals surface area contributed by atoms with Crippen molar-refractivity contribution in [1.82, 2.24) is 0 Å². The molecule has 0 radical (unpaired) electrons. The van der Waals surface area contributed by atoms with Crippen molar-refractivity contribution in [2.45, 2.75) is 26.9 Å². The Bertz CT molecular complexity index is 490. The lowest BCUT2D eigenvalue weighted by atomic mass is 10.3. The molecule has 19 heavy (non-hydrogen) atoms. The van der Waals surface area contributed by atoms with E-state index in [0.29, 0.717) is 5.69 Å². The van der Waals surface area contributed by atoms with Crippen molar-refractivity contribution in [1.29, 1.82) is 0 Å². The van der Waals surface area contributed by atoms with Crippen LogP contribution in [0.15, 0.2) is 40.4 Å². The number of carbonyl (C=O) groups excluding carboxylic acids is 2. The van der Waals surface area contributed by atoms with Gasteiger partial charge in [-0.05, 0) is 45.0 Å². The highest BCUT2D eigenvalue weighted by Crippen LogP contribution is 2.14. The van der Waals surface area contributed by atoms with Crippen LogP contribution in [0.1, 0.15) is 20.8 Å². The second-order valence-electron chi connectivity index (χ2n) is 4.30. The average molecular weight is 326 g/mol. The van der Waals surface area contributed by atoms with Gasteiger partial charge in [0.2, 0.25) is 0 Å². The number of hydrogen-bond acceptors (Lipinski definition) is 3. The number of benzene rings is 1. The molecule has 4 nitrogen and oxygen atoms in total. The van der Waals surface area contributed by atoms with Gasteiger partial charge in [0.15, 0.2) is 6.10 Å². The predicted octanol–water partition coefficient (Wildman–Crippen LogP) is 3.29. The smallest absolute Gasteiger partial charge is 0.331 e. The Hall–Kier alpha value is -1.62. The molecular weight excluding hydrogens is 310 g/mol. The molecule has 1 aromatic rings. The molecule has 0 heterocycles. The highest BCUT2D eigenvalue weighted by molar-refractivity contribution is 9.10. The summed E-state index contributed by atoms with van der Waals surface area (Å²) < 4.78 is 5.91. The quantitative estimate of drug-likeness (QED) is 0.682. The largest absolute Gasteiger partial charge is 0.449 e. The van der Waals surface area contributed by atoms with E-state index in [4.69, 9.17) is 4.74 Å². The maximum absolute atomic E-state index is 11.8. The van der Waals surface area contributed by atoms with Gasteiger partial charge >= 0.3 is 5.97 Å². The number of halogens is 1. The summed E-state index contributed by atoms with van der Waals surface area (Å²) in [4.78, 5) is 23.2. The zero-order valence-electron chi connectivity index (χ0n) is 11.1. The first-order valence-corrected chi connectivity index (χ1v) is 6.59. The zero-order chi connectivity index (χ0) is 14.4. The van der Waals surface area contributed by atoms with Crippen LogP contribution in [-0.4, -0.2) is 18.0 Å². The van der Waals surface area contributed by atoms with Crippen LogP contribution in [0.2, 0.25) is 0 Å². The molecule has 0 aliphatic heterocycles. The first-order valence-electron chi connectivity index (χ1n) is 5.80. The number of amides is 1. The first kappa shape index (κ1) is 15.4. The van der Waals surface area contributed by atoms with Gasteiger partial charge in [-0.2, -0.15) is 0 Å². The Morgan fingerprint density at radius 1 is 1.26 bits per heavy atom. The maximum Gasteiger partial charge on any atom is 0.331 e. The number of rotatable bonds is 4. The van der Waals surface area contributed by atoms with Crippen LogP contribution in [0.25, 0.3) is 0 Å². The van der Waals surface area contributed by atoms with E-state index in [-0.39, 0.29) is 5.91 Å². The first-order chi connectivity index (χ1) is 8.88. The number of carbonyl (C=O) groups is 2. The van der Waals surface area contributed by atoms with Gasteiger partial charge in [-0.3, -0.25) is 4.79 Å². The van der Waals surface area contributed by atoms with Crippen LogP contribution < -0.4 is 5.32 Å². The molecule has 0 aliphatic carbocycles. The lowest BCUT2D eigenvalue weighted by molar-refractivity contribution is -0.148. The number of nitrogens with one attached hydrogen (secondary N) is 1. The van der Waals surface area contributed by atoms with Gasteiger partial charge in [0.05, 0.1) is 0 Å². The SMILES string of the molecule is CC(C)=CC(=O)O[C@@H](C)C(=O)Nc1ccc(Br)cc1. The maximum atomic E-state index is 11.8. The average Bonchev–Trinajstić information content (AvgIpc) is 2.30. The van der Waals surface area contributed by atoms with E-state index < -0.39 is 12.1 Å². The molecule has 1 aromatic carbocycles. The Kier molecular flexibility index (Phi) is 5.76. The molecule has 0 unspecified atom stereocenters. The highest BCUT2D eigenvalue weighted by atomic mass is 79.9. The summed E-state index contributed by atoms with van der Waals surface area (Å²) in [7, 11) is 0. The Morgan fingerprint density at radius 3 is 2.37 bits per heavy atom. The standard InChI is InChI=1S/C14H16BrNO3/c1-9(2)8-13(17)19-10(3)14(18)16-12-6-4-11(15)5-7-12/h4-8,10H,1-3H3,(H,16,18)/t10-/m0/s1. The lowest BCUT2D eigenvalue weighted by Gasteiger charge is -2.12. The van der Waals surface area contributed by atoms with Gasteiger partial charge in [-0.25, -0.2) is 4.79 Å². The zero-order valence-corrected chi connectivity index (χ0v) is 12.7. The topological polar surface area (TPSA) is 55.4 Å². The molecule has 5 heteroatoms. The van der Waals surface area contributed by atoms with E-state index in [9.17, 15) is 9.59 Å². The second-order valence-corrected chi connectivity index (χ2v) is 5.21. The van der Waals surface area contributed by atoms with Gasteiger partial charge in [0.1, 0.15) is 0 Å². The van der Waals surface area contributed by atoms with Crippen LogP contribution in [0.5, 0.6) is 0 Å². The molecule has 1 rings (SSSR count). The van der Waals surface area contributed by atoms with Crippen molar-refractivity contribution in [3.8, 4) is 0 Å². The molecule has 1 amide bonds. The number of ether oxygens (including phenoxy) is 1. The molecular formula is C14H16BrNO3. The number of anilines is 1. The Balaban J connectivity index is 2.56. The number of allylic oxidation sites excluding steroid dienone is 1. The van der Waals surface area contributed by atoms with Crippen molar-refractivity contribution in [3.63, 3.8) is 0 Å². The van der Waals surface area contributed by atoms with Gasteiger partial charge < -0.3 is 10.1 Å². The van der Waals surface area contributed by atoms with E-state index in [2.05, 4.69) is 21.2 Å². The number of esters is 1. The van der Waals surface area contributed by atoms with Crippen molar-refractivity contribution >= 4 is 33.5 Å². The van der Waals surface area contributed by atoms with Crippen molar-refractivity contribution < 1.29 is 14.3 Å². The molecule has 1 atom stereocenters. The molecule has 0 bridgehead atoms. The van der Waals surface area contributed by atoms with Gasteiger partial charge in [0, 0.05) is 16.2 Å². The second kappa shape index (κ2) is 7.09. The summed E-state index contributed by atoms with van der Waals surface area (Å²) >= 11 is 3.31. The predicted molar refractivity (Wildman–Crippen MR) is 77.8 cm³/mol. The lowest BCUT2D eigenvalue weighted by Crippen LogP contribution is -2.29. The molecule has 102 valence electrons. The number of hydrogen-bond donors (Lipinski definition) is 1. The van der Waals surface area contributed by atoms with E-state index in [1.54, 1.807) is 26.0 Å². The summed E-state index contributed by atoms with van der Waals surface area (Å²) in [5.41, 5.74) is 1.48. The fourth-order valence-corrected chi connectivity index (χ4v) is 1.54. The van der Waals surface area contributed by atoms with Gasteiger partial charge in [0.25, 0.3) is 5.91 Å². The Morgan fingerprint density at radius 2 is 1.84 bits per heavy atom. The molecule has 0 spiro atoms. The van der Waals surface area contributed by atoms with Crippen molar-refractivity contribution in [2.75, 3.05) is 5.32 Å². The molecule has 0 fully saturated rings. The van der Waals surface area contributed by atoms with Crippen LogP contribution in [0.3, 0.4) is 0 Å². The summed E-state index contributed by atoms with van der Waals surface area (Å²) in [5, 5.41) is 2.67. The highest BCUT2D eigenvalue weighted by Gasteiger charge is 2.16. The van der Waals surface area contributed by atoms with Crippen LogP contribution >= 0.6 is 15.9 Å². The van der Waals surface area contributed by atoms with E-state index >= 15 is 0 Å². The molecule has 0 saturated carbocycles. The third-order valence-corrected chi connectivity index (χ3v) is 2.71. The van der Waals surface area contributed by atoms with Crippen LogP contribution in [-0.2, 0) is 14.3 Å². The molecule has 0 aromatic heterocycles. The molecule has 0 aliphatic rings. The third kappa shape index (κ3) is 5.70. The molecule has 0 saturated heterocycles. The normalized spacial score (nSPS) is 11.4. The Labute approximate surface area is 121 Å². The monoisotopic (exact) mass is 325 g/mol. The summed E-state index contributed by atoms with van der Waals surface area (Å²) in [5.74, 6) is -0.878. The fraction of sp³-hybridized carbons (Fsp3) is 0.286. The fourth-order valence-electron chi connectivity index (χ4n) is 1.27. The van der Waals surface area contributed by atoms with Crippen LogP contribution in [0.4, 0.5) is 5.69 Å². The minimum atomic E-state index is -0.841. The minimum Gasteiger partial charge on any atom is -0.449 e. The van der Waals surface area contributed by atoms with E-state index in [0.717, 1.165) is 10.0 Å². The van der Waals surface area contributed by atoms with Gasteiger partial charge in [-0.1, -0.05) is 21.5 Å². The summed E-state index contributed by atoms with van der Waals surface area (Å²) in [6.45, 7) is 5.10. The van der Waals surface area contributed by atoms with E-state index in [1.165, 1.54) is 13.0 Å². The third-order valence-electron chi connectivity index (χ3n) is 2.18. The van der Waals surface area contributed by atoms with Gasteiger partial charge in [-0.15, -0.1) is 0 Å². The molecule has 1 N–H and O–H groups in total. The van der Waals surface area contributed by atoms with Crippen molar-refractivity contribution in [3.05, 3.63) is 40.4 Å². The summed E-state index contributed by atoms with van der Waals surface area (Å²) in [6.07, 6.45) is 0.510. The van der Waals surface area contributed by atoms with Crippen LogP contribution in [0, 0.1) is 0 Å².